The summed E-state index contributed by atoms with van der Waals surface area (Å²) in [6.45, 7) is 0.802. The topological polar surface area (TPSA) is 50.8 Å². The van der Waals surface area contributed by atoms with Crippen LogP contribution >= 0.6 is 0 Å². The standard InChI is InChI=1S/C16H15N3O/c1-2-4-14(20-9-11-5-6-11)12(3-1)15-16-13(7-8-17-16)18-10-19-15/h1-4,7-8,10-11,17H,5-6,9H2. The SMILES string of the molecule is c1ccc(-c2ncnc3cc[nH]c23)c(OCC2CC2)c1. The summed E-state index contributed by atoms with van der Waals surface area (Å²) in [7, 11) is 0. The Morgan fingerprint density at radius 1 is 1.15 bits per heavy atom. The van der Waals surface area contributed by atoms with Crippen molar-refractivity contribution < 1.29 is 4.74 Å². The van der Waals surface area contributed by atoms with Gasteiger partial charge in [0.2, 0.25) is 0 Å². The molecule has 0 atom stereocenters. The summed E-state index contributed by atoms with van der Waals surface area (Å²) in [6, 6.07) is 10.0. The molecule has 2 aromatic heterocycles. The van der Waals surface area contributed by atoms with Crippen molar-refractivity contribution in [1.29, 1.82) is 0 Å². The number of para-hydroxylation sites is 1. The first kappa shape index (κ1) is 11.5. The predicted molar refractivity (Wildman–Crippen MR) is 77.5 cm³/mol. The van der Waals surface area contributed by atoms with Gasteiger partial charge in [0, 0.05) is 11.8 Å². The molecule has 0 amide bonds. The lowest BCUT2D eigenvalue weighted by molar-refractivity contribution is 0.301. The van der Waals surface area contributed by atoms with E-state index in [1.807, 2.05) is 36.5 Å². The molecule has 1 fully saturated rings. The molecule has 4 nitrogen and oxygen atoms in total. The van der Waals surface area contributed by atoms with E-state index in [4.69, 9.17) is 4.74 Å². The first-order valence-electron chi connectivity index (χ1n) is 6.92. The maximum atomic E-state index is 5.97. The fourth-order valence-corrected chi connectivity index (χ4v) is 2.36. The number of aromatic nitrogens is 3. The van der Waals surface area contributed by atoms with Gasteiger partial charge in [0.1, 0.15) is 17.8 Å². The smallest absolute Gasteiger partial charge is 0.128 e. The van der Waals surface area contributed by atoms with E-state index in [0.29, 0.717) is 0 Å². The van der Waals surface area contributed by atoms with Gasteiger partial charge in [-0.3, -0.25) is 0 Å². The second-order valence-corrected chi connectivity index (χ2v) is 5.21. The Hall–Kier alpha value is -2.36. The Balaban J connectivity index is 1.78. The van der Waals surface area contributed by atoms with Gasteiger partial charge >= 0.3 is 0 Å². The lowest BCUT2D eigenvalue weighted by atomic mass is 10.1. The number of hydrogen-bond donors (Lipinski definition) is 1. The third kappa shape index (κ3) is 2.03. The Morgan fingerprint density at radius 3 is 2.95 bits per heavy atom. The van der Waals surface area contributed by atoms with E-state index in [2.05, 4.69) is 15.0 Å². The van der Waals surface area contributed by atoms with Crippen molar-refractivity contribution in [3.8, 4) is 17.0 Å². The summed E-state index contributed by atoms with van der Waals surface area (Å²) in [4.78, 5) is 11.9. The van der Waals surface area contributed by atoms with E-state index < -0.39 is 0 Å². The largest absolute Gasteiger partial charge is 0.493 e. The fraction of sp³-hybridized carbons (Fsp3) is 0.250. The van der Waals surface area contributed by atoms with Gasteiger partial charge in [-0.15, -0.1) is 0 Å². The molecule has 1 aromatic carbocycles. The molecule has 0 radical (unpaired) electrons. The molecular formula is C16H15N3O. The van der Waals surface area contributed by atoms with Gasteiger partial charge in [-0.25, -0.2) is 9.97 Å². The van der Waals surface area contributed by atoms with Crippen LogP contribution in [0.5, 0.6) is 5.75 Å². The third-order valence-electron chi connectivity index (χ3n) is 3.66. The molecule has 3 aromatic rings. The Morgan fingerprint density at radius 2 is 2.05 bits per heavy atom. The summed E-state index contributed by atoms with van der Waals surface area (Å²) >= 11 is 0. The number of rotatable bonds is 4. The normalized spacial score (nSPS) is 14.6. The molecule has 4 heteroatoms. The van der Waals surface area contributed by atoms with Gasteiger partial charge in [0.25, 0.3) is 0 Å². The average molecular weight is 265 g/mol. The van der Waals surface area contributed by atoms with Crippen LogP contribution in [0.2, 0.25) is 0 Å². The summed E-state index contributed by atoms with van der Waals surface area (Å²) in [6.07, 6.45) is 6.06. The predicted octanol–water partition coefficient (Wildman–Crippen LogP) is 3.41. The molecule has 100 valence electrons. The van der Waals surface area contributed by atoms with Crippen LogP contribution in [0.3, 0.4) is 0 Å². The van der Waals surface area contributed by atoms with E-state index in [-0.39, 0.29) is 0 Å². The highest BCUT2D eigenvalue weighted by Crippen LogP contribution is 2.34. The number of benzene rings is 1. The van der Waals surface area contributed by atoms with E-state index >= 15 is 0 Å². The second-order valence-electron chi connectivity index (χ2n) is 5.21. The first-order chi connectivity index (χ1) is 9.92. The van der Waals surface area contributed by atoms with E-state index in [9.17, 15) is 0 Å². The highest BCUT2D eigenvalue weighted by Gasteiger charge is 2.22. The Labute approximate surface area is 116 Å². The molecule has 0 unspecified atom stereocenters. The van der Waals surface area contributed by atoms with E-state index in [1.165, 1.54) is 12.8 Å². The molecule has 0 spiro atoms. The summed E-state index contributed by atoms with van der Waals surface area (Å²) in [5.41, 5.74) is 3.79. The van der Waals surface area contributed by atoms with Crippen LogP contribution < -0.4 is 4.74 Å². The average Bonchev–Trinajstić information content (AvgIpc) is 3.20. The van der Waals surface area contributed by atoms with Gasteiger partial charge in [-0.05, 0) is 37.0 Å². The first-order valence-corrected chi connectivity index (χ1v) is 6.92. The van der Waals surface area contributed by atoms with Crippen LogP contribution in [-0.4, -0.2) is 21.6 Å². The molecule has 20 heavy (non-hydrogen) atoms. The lowest BCUT2D eigenvalue weighted by Crippen LogP contribution is -2.01. The molecule has 0 saturated heterocycles. The molecule has 1 aliphatic rings. The van der Waals surface area contributed by atoms with Gasteiger partial charge in [-0.2, -0.15) is 0 Å². The highest BCUT2D eigenvalue weighted by atomic mass is 16.5. The molecule has 0 aliphatic heterocycles. The van der Waals surface area contributed by atoms with Crippen LogP contribution in [-0.2, 0) is 0 Å². The number of nitrogens with zero attached hydrogens (tertiary/aromatic N) is 2. The minimum Gasteiger partial charge on any atom is -0.493 e. The van der Waals surface area contributed by atoms with E-state index in [1.54, 1.807) is 6.33 Å². The van der Waals surface area contributed by atoms with Crippen LogP contribution in [0.1, 0.15) is 12.8 Å². The zero-order valence-electron chi connectivity index (χ0n) is 11.0. The second kappa shape index (κ2) is 4.63. The number of H-pyrrole nitrogens is 1. The molecule has 1 aliphatic carbocycles. The molecule has 2 heterocycles. The van der Waals surface area contributed by atoms with Gasteiger partial charge in [0.05, 0.1) is 17.6 Å². The Bertz CT molecular complexity index is 746. The van der Waals surface area contributed by atoms with Crippen LogP contribution in [0.25, 0.3) is 22.3 Å². The Kier molecular flexibility index (Phi) is 2.66. The van der Waals surface area contributed by atoms with Crippen molar-refractivity contribution in [3.05, 3.63) is 42.9 Å². The quantitative estimate of drug-likeness (QED) is 0.786. The third-order valence-corrected chi connectivity index (χ3v) is 3.66. The molecule has 1 saturated carbocycles. The summed E-state index contributed by atoms with van der Waals surface area (Å²) in [5.74, 6) is 1.63. The van der Waals surface area contributed by atoms with Crippen LogP contribution in [0, 0.1) is 5.92 Å². The minimum atomic E-state index is 0.735. The molecule has 4 rings (SSSR count). The maximum Gasteiger partial charge on any atom is 0.128 e. The van der Waals surface area contributed by atoms with Crippen LogP contribution in [0.4, 0.5) is 0 Å². The summed E-state index contributed by atoms with van der Waals surface area (Å²) < 4.78 is 5.97. The maximum absolute atomic E-state index is 5.97. The number of hydrogen-bond acceptors (Lipinski definition) is 3. The van der Waals surface area contributed by atoms with Crippen molar-refractivity contribution in [2.24, 2.45) is 5.92 Å². The van der Waals surface area contributed by atoms with Gasteiger partial charge in [0.15, 0.2) is 0 Å². The number of ether oxygens (including phenoxy) is 1. The monoisotopic (exact) mass is 265 g/mol. The van der Waals surface area contributed by atoms with E-state index in [0.717, 1.165) is 40.6 Å². The van der Waals surface area contributed by atoms with Crippen molar-refractivity contribution in [2.75, 3.05) is 6.61 Å². The van der Waals surface area contributed by atoms with Crippen molar-refractivity contribution >= 4 is 11.0 Å². The zero-order valence-corrected chi connectivity index (χ0v) is 11.0. The summed E-state index contributed by atoms with van der Waals surface area (Å²) in [5, 5.41) is 0. The van der Waals surface area contributed by atoms with Gasteiger partial charge < -0.3 is 9.72 Å². The number of fused-ring (bicyclic) bond motifs is 1. The number of nitrogens with one attached hydrogen (secondary N) is 1. The zero-order chi connectivity index (χ0) is 13.4. The van der Waals surface area contributed by atoms with Crippen LogP contribution in [0.15, 0.2) is 42.9 Å². The van der Waals surface area contributed by atoms with Gasteiger partial charge in [-0.1, -0.05) is 12.1 Å². The molecule has 1 N–H and O–H groups in total. The highest BCUT2D eigenvalue weighted by molar-refractivity contribution is 5.90. The molecular weight excluding hydrogens is 250 g/mol. The fourth-order valence-electron chi connectivity index (χ4n) is 2.36. The van der Waals surface area contributed by atoms with Crippen molar-refractivity contribution in [1.82, 2.24) is 15.0 Å². The molecule has 0 bridgehead atoms. The lowest BCUT2D eigenvalue weighted by Gasteiger charge is -2.11. The van der Waals surface area contributed by atoms with Crippen molar-refractivity contribution in [2.45, 2.75) is 12.8 Å². The minimum absolute atomic E-state index is 0.735. The number of aromatic amines is 1. The van der Waals surface area contributed by atoms with Crippen molar-refractivity contribution in [3.63, 3.8) is 0 Å².